The summed E-state index contributed by atoms with van der Waals surface area (Å²) in [5.74, 6) is 1.04. The molecule has 1 aromatic rings. The molecule has 1 aromatic carbocycles. The number of halogens is 2. The number of benzene rings is 1. The Morgan fingerprint density at radius 3 is 2.38 bits per heavy atom. The molecule has 34 heavy (non-hydrogen) atoms. The Bertz CT molecular complexity index is 846. The highest BCUT2D eigenvalue weighted by atomic mass is 19.2. The molecular weight excluding hydrogens is 430 g/mol. The Morgan fingerprint density at radius 1 is 0.941 bits per heavy atom. The van der Waals surface area contributed by atoms with Crippen LogP contribution in [0.4, 0.5) is 8.78 Å². The fourth-order valence-corrected chi connectivity index (χ4v) is 6.20. The normalized spacial score (nSPS) is 30.4. The van der Waals surface area contributed by atoms with Gasteiger partial charge in [-0.05, 0) is 112 Å². The lowest BCUT2D eigenvalue weighted by Crippen LogP contribution is -2.36. The van der Waals surface area contributed by atoms with Crippen LogP contribution in [0.15, 0.2) is 30.4 Å². The first kappa shape index (κ1) is 25.4. The lowest BCUT2D eigenvalue weighted by atomic mass is 9.73. The molecule has 1 saturated heterocycles. The highest BCUT2D eigenvalue weighted by Gasteiger charge is 2.34. The van der Waals surface area contributed by atoms with E-state index >= 15 is 0 Å². The minimum Gasteiger partial charge on any atom is -0.490 e. The van der Waals surface area contributed by atoms with Gasteiger partial charge in [-0.25, -0.2) is 4.39 Å². The van der Waals surface area contributed by atoms with Gasteiger partial charge in [0.2, 0.25) is 5.82 Å². The molecule has 0 N–H and O–H groups in total. The molecule has 1 heterocycles. The van der Waals surface area contributed by atoms with Crippen molar-refractivity contribution in [2.75, 3.05) is 13.2 Å². The lowest BCUT2D eigenvalue weighted by Gasteiger charge is -2.40. The van der Waals surface area contributed by atoms with E-state index in [1.54, 1.807) is 12.1 Å². The third-order valence-electron chi connectivity index (χ3n) is 8.31. The van der Waals surface area contributed by atoms with Crippen LogP contribution in [0.1, 0.15) is 90.0 Å². The Kier molecular flexibility index (Phi) is 9.22. The van der Waals surface area contributed by atoms with Crippen LogP contribution in [0.2, 0.25) is 0 Å². The predicted molar refractivity (Wildman–Crippen MR) is 135 cm³/mol. The molecule has 188 valence electrons. The maximum atomic E-state index is 14.7. The summed E-state index contributed by atoms with van der Waals surface area (Å²) in [6.45, 7) is 5.40. The third kappa shape index (κ3) is 6.11. The third-order valence-corrected chi connectivity index (χ3v) is 8.31. The molecule has 0 radical (unpaired) electrons. The monoisotopic (exact) mass is 472 g/mol. The summed E-state index contributed by atoms with van der Waals surface area (Å²) in [4.78, 5) is 0. The molecule has 3 atom stereocenters. The van der Waals surface area contributed by atoms with E-state index in [4.69, 9.17) is 9.47 Å². The molecule has 4 heteroatoms. The van der Waals surface area contributed by atoms with Gasteiger partial charge in [0.25, 0.3) is 0 Å². The standard InChI is InChI=1S/C30H42F2O2/c1-3-5-6-21-7-9-24(10-8-21)27-17-15-25(20-34-27)22-11-13-23(14-12-22)26-16-18-28(33-19-4-2)30(32)29(26)31/h5-6,13,16,18,21-22,24-25,27H,3-4,7-12,14-15,17,19-20H2,1-2H3/b6-5+. The number of rotatable bonds is 8. The first-order valence-corrected chi connectivity index (χ1v) is 13.7. The molecule has 2 fully saturated rings. The maximum absolute atomic E-state index is 14.7. The zero-order valence-corrected chi connectivity index (χ0v) is 21.0. The van der Waals surface area contributed by atoms with E-state index in [1.807, 2.05) is 6.92 Å². The molecule has 0 spiro atoms. The summed E-state index contributed by atoms with van der Waals surface area (Å²) in [6.07, 6.45) is 19.6. The van der Waals surface area contributed by atoms with E-state index in [0.717, 1.165) is 56.1 Å². The maximum Gasteiger partial charge on any atom is 0.201 e. The summed E-state index contributed by atoms with van der Waals surface area (Å²) < 4.78 is 40.9. The first-order valence-electron chi connectivity index (χ1n) is 13.7. The summed E-state index contributed by atoms with van der Waals surface area (Å²) in [5, 5.41) is 0. The topological polar surface area (TPSA) is 18.5 Å². The zero-order valence-electron chi connectivity index (χ0n) is 21.0. The van der Waals surface area contributed by atoms with Crippen LogP contribution < -0.4 is 4.74 Å². The molecule has 1 saturated carbocycles. The van der Waals surface area contributed by atoms with Gasteiger partial charge in [0, 0.05) is 5.56 Å². The van der Waals surface area contributed by atoms with Crippen LogP contribution in [-0.4, -0.2) is 19.3 Å². The molecule has 2 nitrogen and oxygen atoms in total. The summed E-state index contributed by atoms with van der Waals surface area (Å²) in [7, 11) is 0. The average Bonchev–Trinajstić information content (AvgIpc) is 2.89. The second kappa shape index (κ2) is 12.3. The minimum atomic E-state index is -0.865. The SMILES string of the molecule is CC/C=C/C1CCC(C2CCC(C3CC=C(c4ccc(OCCC)c(F)c4F)CC3)CO2)CC1. The van der Waals surface area contributed by atoms with Crippen molar-refractivity contribution in [2.45, 2.75) is 90.6 Å². The molecule has 2 aliphatic carbocycles. The summed E-state index contributed by atoms with van der Waals surface area (Å²) >= 11 is 0. The molecule has 0 aromatic heterocycles. The van der Waals surface area contributed by atoms with E-state index < -0.39 is 11.6 Å². The number of hydrogen-bond acceptors (Lipinski definition) is 2. The van der Waals surface area contributed by atoms with Gasteiger partial charge in [-0.2, -0.15) is 4.39 Å². The molecule has 4 rings (SSSR count). The summed E-state index contributed by atoms with van der Waals surface area (Å²) in [5.41, 5.74) is 1.32. The van der Waals surface area contributed by atoms with Crippen LogP contribution in [0, 0.1) is 35.3 Å². The second-order valence-electron chi connectivity index (χ2n) is 10.6. The van der Waals surface area contributed by atoms with E-state index in [-0.39, 0.29) is 5.75 Å². The average molecular weight is 473 g/mol. The number of ether oxygens (including phenoxy) is 2. The van der Waals surface area contributed by atoms with E-state index in [1.165, 1.54) is 38.5 Å². The van der Waals surface area contributed by atoms with Gasteiger partial charge in [-0.1, -0.05) is 32.1 Å². The summed E-state index contributed by atoms with van der Waals surface area (Å²) in [6, 6.07) is 3.25. The Labute approximate surface area is 204 Å². The van der Waals surface area contributed by atoms with Crippen molar-refractivity contribution >= 4 is 5.57 Å². The number of hydrogen-bond donors (Lipinski definition) is 0. The van der Waals surface area contributed by atoms with Gasteiger partial charge in [0.15, 0.2) is 11.6 Å². The Balaban J connectivity index is 1.26. The van der Waals surface area contributed by atoms with Crippen molar-refractivity contribution in [3.8, 4) is 5.75 Å². The molecule has 3 unspecified atom stereocenters. The fraction of sp³-hybridized carbons (Fsp3) is 0.667. The van der Waals surface area contributed by atoms with Gasteiger partial charge < -0.3 is 9.47 Å². The van der Waals surface area contributed by atoms with Gasteiger partial charge in [0.1, 0.15) is 0 Å². The van der Waals surface area contributed by atoms with Gasteiger partial charge in [0.05, 0.1) is 19.3 Å². The lowest BCUT2D eigenvalue weighted by molar-refractivity contribution is -0.0692. The van der Waals surface area contributed by atoms with E-state index in [2.05, 4.69) is 25.2 Å². The van der Waals surface area contributed by atoms with Crippen molar-refractivity contribution in [1.82, 2.24) is 0 Å². The van der Waals surface area contributed by atoms with Gasteiger partial charge in [-0.3, -0.25) is 0 Å². The highest BCUT2D eigenvalue weighted by Crippen LogP contribution is 2.42. The van der Waals surface area contributed by atoms with Crippen LogP contribution in [0.3, 0.4) is 0 Å². The quantitative estimate of drug-likeness (QED) is 0.353. The fourth-order valence-electron chi connectivity index (χ4n) is 6.20. The molecule has 0 amide bonds. The predicted octanol–water partition coefficient (Wildman–Crippen LogP) is 8.50. The van der Waals surface area contributed by atoms with Crippen LogP contribution >= 0.6 is 0 Å². The van der Waals surface area contributed by atoms with Gasteiger partial charge >= 0.3 is 0 Å². The Morgan fingerprint density at radius 2 is 1.74 bits per heavy atom. The number of allylic oxidation sites excluding steroid dienone is 4. The van der Waals surface area contributed by atoms with Crippen molar-refractivity contribution in [3.63, 3.8) is 0 Å². The second-order valence-corrected chi connectivity index (χ2v) is 10.6. The molecular formula is C30H42F2O2. The van der Waals surface area contributed by atoms with Crippen molar-refractivity contribution in [1.29, 1.82) is 0 Å². The first-order chi connectivity index (χ1) is 16.6. The van der Waals surface area contributed by atoms with Crippen LogP contribution in [0.25, 0.3) is 5.57 Å². The molecule has 1 aliphatic heterocycles. The van der Waals surface area contributed by atoms with Gasteiger partial charge in [-0.15, -0.1) is 0 Å². The smallest absolute Gasteiger partial charge is 0.201 e. The highest BCUT2D eigenvalue weighted by molar-refractivity contribution is 5.67. The molecule has 0 bridgehead atoms. The molecule has 3 aliphatic rings. The van der Waals surface area contributed by atoms with Crippen LogP contribution in [-0.2, 0) is 4.74 Å². The minimum absolute atomic E-state index is 0.0113. The van der Waals surface area contributed by atoms with Crippen molar-refractivity contribution < 1.29 is 18.3 Å². The zero-order chi connectivity index (χ0) is 23.9. The Hall–Kier alpha value is -1.68. The van der Waals surface area contributed by atoms with Crippen LogP contribution in [0.5, 0.6) is 5.75 Å². The van der Waals surface area contributed by atoms with E-state index in [0.29, 0.717) is 30.1 Å². The van der Waals surface area contributed by atoms with Crippen molar-refractivity contribution in [3.05, 3.63) is 47.6 Å². The largest absolute Gasteiger partial charge is 0.490 e. The van der Waals surface area contributed by atoms with E-state index in [9.17, 15) is 8.78 Å². The van der Waals surface area contributed by atoms with Crippen molar-refractivity contribution in [2.24, 2.45) is 23.7 Å².